The monoisotopic (exact) mass is 275 g/mol. The van der Waals surface area contributed by atoms with Gasteiger partial charge in [-0.05, 0) is 37.9 Å². The Morgan fingerprint density at radius 2 is 2.10 bits per heavy atom. The molecular formula is C16H25N3O. The fourth-order valence-corrected chi connectivity index (χ4v) is 3.34. The molecule has 0 bridgehead atoms. The van der Waals surface area contributed by atoms with Gasteiger partial charge in [0.25, 0.3) is 0 Å². The summed E-state index contributed by atoms with van der Waals surface area (Å²) in [4.78, 5) is 5.24. The van der Waals surface area contributed by atoms with Crippen molar-refractivity contribution in [3.63, 3.8) is 0 Å². The Hall–Kier alpha value is -1.26. The number of hydrogen-bond acceptors (Lipinski definition) is 4. The molecule has 1 atom stereocenters. The molecule has 0 spiro atoms. The molecule has 20 heavy (non-hydrogen) atoms. The fraction of sp³-hybridized carbons (Fsp3) is 0.625. The number of nitrogens with zero attached hydrogens (tertiary/aromatic N) is 2. The van der Waals surface area contributed by atoms with E-state index in [4.69, 9.17) is 10.5 Å². The van der Waals surface area contributed by atoms with Gasteiger partial charge in [-0.15, -0.1) is 0 Å². The number of nitrogens with two attached hydrogens (primary N) is 1. The van der Waals surface area contributed by atoms with Crippen molar-refractivity contribution in [2.45, 2.75) is 25.3 Å². The van der Waals surface area contributed by atoms with Crippen LogP contribution in [0.5, 0.6) is 5.75 Å². The molecule has 2 aliphatic heterocycles. The van der Waals surface area contributed by atoms with Crippen LogP contribution in [0.2, 0.25) is 0 Å². The number of anilines is 1. The summed E-state index contributed by atoms with van der Waals surface area (Å²) in [5.41, 5.74) is 6.59. The second kappa shape index (κ2) is 6.46. The van der Waals surface area contributed by atoms with Crippen molar-refractivity contribution in [3.05, 3.63) is 24.3 Å². The molecule has 1 unspecified atom stereocenters. The third-order valence-corrected chi connectivity index (χ3v) is 4.47. The van der Waals surface area contributed by atoms with Crippen LogP contribution in [0.1, 0.15) is 19.3 Å². The lowest BCUT2D eigenvalue weighted by molar-refractivity contribution is 0.0997. The first-order valence-corrected chi connectivity index (χ1v) is 7.76. The summed E-state index contributed by atoms with van der Waals surface area (Å²) < 4.78 is 5.75. The number of hydrogen-bond donors (Lipinski definition) is 1. The molecule has 0 amide bonds. The van der Waals surface area contributed by atoms with Gasteiger partial charge >= 0.3 is 0 Å². The Bertz CT molecular complexity index is 437. The molecule has 4 heteroatoms. The molecule has 3 rings (SSSR count). The maximum atomic E-state index is 5.86. The van der Waals surface area contributed by atoms with E-state index in [1.807, 2.05) is 24.3 Å². The van der Waals surface area contributed by atoms with Crippen LogP contribution in [-0.2, 0) is 0 Å². The Morgan fingerprint density at radius 3 is 3.00 bits per heavy atom. The highest BCUT2D eigenvalue weighted by Gasteiger charge is 2.29. The zero-order chi connectivity index (χ0) is 13.8. The topological polar surface area (TPSA) is 41.7 Å². The first-order valence-electron chi connectivity index (χ1n) is 7.76. The molecule has 1 aromatic rings. The van der Waals surface area contributed by atoms with Crippen molar-refractivity contribution in [2.75, 3.05) is 45.1 Å². The van der Waals surface area contributed by atoms with Gasteiger partial charge in [-0.25, -0.2) is 0 Å². The van der Waals surface area contributed by atoms with Gasteiger partial charge in [0.1, 0.15) is 5.75 Å². The highest BCUT2D eigenvalue weighted by Crippen LogP contribution is 2.22. The van der Waals surface area contributed by atoms with Crippen molar-refractivity contribution in [1.29, 1.82) is 0 Å². The van der Waals surface area contributed by atoms with E-state index in [2.05, 4.69) is 9.80 Å². The first kappa shape index (κ1) is 13.7. The number of ether oxygens (including phenoxy) is 1. The molecule has 0 radical (unpaired) electrons. The summed E-state index contributed by atoms with van der Waals surface area (Å²) >= 11 is 0. The lowest BCUT2D eigenvalue weighted by Crippen LogP contribution is -2.50. The standard InChI is InChI=1S/C16H25N3O/c17-15-6-1-2-7-16(15)20-12-4-8-18-10-11-19-9-3-5-14(19)13-18/h1-2,6-7,14H,3-5,8-13,17H2. The van der Waals surface area contributed by atoms with Crippen LogP contribution in [0.3, 0.4) is 0 Å². The molecule has 2 aliphatic rings. The minimum absolute atomic E-state index is 0.729. The first-order chi connectivity index (χ1) is 9.83. The van der Waals surface area contributed by atoms with E-state index in [-0.39, 0.29) is 0 Å². The number of benzene rings is 1. The lowest BCUT2D eigenvalue weighted by atomic mass is 10.1. The summed E-state index contributed by atoms with van der Waals surface area (Å²) in [6.07, 6.45) is 3.84. The van der Waals surface area contributed by atoms with Crippen LogP contribution in [0.15, 0.2) is 24.3 Å². The Labute approximate surface area is 121 Å². The smallest absolute Gasteiger partial charge is 0.142 e. The van der Waals surface area contributed by atoms with E-state index in [9.17, 15) is 0 Å². The van der Waals surface area contributed by atoms with E-state index in [1.165, 1.54) is 39.0 Å². The minimum Gasteiger partial charge on any atom is -0.491 e. The molecule has 4 nitrogen and oxygen atoms in total. The molecule has 2 N–H and O–H groups in total. The second-order valence-corrected chi connectivity index (χ2v) is 5.87. The highest BCUT2D eigenvalue weighted by atomic mass is 16.5. The molecule has 110 valence electrons. The van der Waals surface area contributed by atoms with Crippen molar-refractivity contribution in [1.82, 2.24) is 9.80 Å². The van der Waals surface area contributed by atoms with Gasteiger partial charge < -0.3 is 15.4 Å². The van der Waals surface area contributed by atoms with Gasteiger partial charge in [0.05, 0.1) is 12.3 Å². The molecular weight excluding hydrogens is 250 g/mol. The largest absolute Gasteiger partial charge is 0.491 e. The Morgan fingerprint density at radius 1 is 1.20 bits per heavy atom. The summed E-state index contributed by atoms with van der Waals surface area (Å²) in [7, 11) is 0. The Kier molecular flexibility index (Phi) is 4.43. The number of nitrogen functional groups attached to an aromatic ring is 1. The summed E-state index contributed by atoms with van der Waals surface area (Å²) in [6.45, 7) is 6.90. The maximum absolute atomic E-state index is 5.86. The zero-order valence-electron chi connectivity index (χ0n) is 12.1. The molecule has 2 saturated heterocycles. The van der Waals surface area contributed by atoms with Crippen LogP contribution in [0, 0.1) is 0 Å². The van der Waals surface area contributed by atoms with Crippen molar-refractivity contribution < 1.29 is 4.74 Å². The van der Waals surface area contributed by atoms with E-state index in [0.717, 1.165) is 37.1 Å². The predicted molar refractivity (Wildman–Crippen MR) is 82.0 cm³/mol. The van der Waals surface area contributed by atoms with E-state index < -0.39 is 0 Å². The van der Waals surface area contributed by atoms with Gasteiger partial charge in [0.15, 0.2) is 0 Å². The van der Waals surface area contributed by atoms with E-state index >= 15 is 0 Å². The molecule has 0 aromatic heterocycles. The lowest BCUT2D eigenvalue weighted by Gasteiger charge is -2.37. The van der Waals surface area contributed by atoms with Crippen LogP contribution < -0.4 is 10.5 Å². The zero-order valence-corrected chi connectivity index (χ0v) is 12.1. The van der Waals surface area contributed by atoms with Crippen LogP contribution >= 0.6 is 0 Å². The average molecular weight is 275 g/mol. The number of piperazine rings is 1. The highest BCUT2D eigenvalue weighted by molar-refractivity contribution is 5.51. The van der Waals surface area contributed by atoms with E-state index in [1.54, 1.807) is 0 Å². The maximum Gasteiger partial charge on any atom is 0.142 e. The normalized spacial score (nSPS) is 23.7. The predicted octanol–water partition coefficient (Wildman–Crippen LogP) is 1.82. The third-order valence-electron chi connectivity index (χ3n) is 4.47. The molecule has 2 heterocycles. The fourth-order valence-electron chi connectivity index (χ4n) is 3.34. The van der Waals surface area contributed by atoms with Gasteiger partial charge in [-0.3, -0.25) is 4.90 Å². The molecule has 1 aromatic carbocycles. The summed E-state index contributed by atoms with van der Waals surface area (Å²) in [6, 6.07) is 8.53. The van der Waals surface area contributed by atoms with Gasteiger partial charge in [0.2, 0.25) is 0 Å². The van der Waals surface area contributed by atoms with Crippen molar-refractivity contribution in [3.8, 4) is 5.75 Å². The van der Waals surface area contributed by atoms with Crippen LogP contribution in [0.25, 0.3) is 0 Å². The number of rotatable bonds is 5. The third kappa shape index (κ3) is 3.25. The molecule has 0 saturated carbocycles. The Balaban J connectivity index is 1.37. The second-order valence-electron chi connectivity index (χ2n) is 5.87. The molecule has 0 aliphatic carbocycles. The SMILES string of the molecule is Nc1ccccc1OCCCN1CCN2CCCC2C1. The molecule has 2 fully saturated rings. The van der Waals surface area contributed by atoms with Gasteiger partial charge in [0, 0.05) is 32.2 Å². The summed E-state index contributed by atoms with van der Waals surface area (Å²) in [5, 5.41) is 0. The van der Waals surface area contributed by atoms with Crippen molar-refractivity contribution >= 4 is 5.69 Å². The quantitative estimate of drug-likeness (QED) is 0.657. The van der Waals surface area contributed by atoms with E-state index in [0.29, 0.717) is 0 Å². The van der Waals surface area contributed by atoms with Gasteiger partial charge in [-0.2, -0.15) is 0 Å². The number of para-hydroxylation sites is 2. The van der Waals surface area contributed by atoms with Gasteiger partial charge in [-0.1, -0.05) is 12.1 Å². The average Bonchev–Trinajstić information content (AvgIpc) is 2.93. The summed E-state index contributed by atoms with van der Waals surface area (Å²) in [5.74, 6) is 0.813. The van der Waals surface area contributed by atoms with Crippen LogP contribution in [0.4, 0.5) is 5.69 Å². The van der Waals surface area contributed by atoms with Crippen LogP contribution in [-0.4, -0.2) is 55.2 Å². The minimum atomic E-state index is 0.729. The van der Waals surface area contributed by atoms with Crippen molar-refractivity contribution in [2.24, 2.45) is 0 Å². The number of fused-ring (bicyclic) bond motifs is 1.